The average molecular weight is 380 g/mol. The molecule has 4 nitrogen and oxygen atoms in total. The van der Waals surface area contributed by atoms with Crippen molar-refractivity contribution in [3.63, 3.8) is 0 Å². The van der Waals surface area contributed by atoms with Crippen molar-refractivity contribution < 1.29 is 4.79 Å². The molecule has 2 aromatic rings. The molecule has 4 rings (SSSR count). The Morgan fingerprint density at radius 1 is 1.29 bits per heavy atom. The number of benzene rings is 1. The van der Waals surface area contributed by atoms with Crippen LogP contribution in [0.5, 0.6) is 0 Å². The van der Waals surface area contributed by atoms with Crippen LogP contribution < -0.4 is 5.32 Å². The second-order valence-electron chi connectivity index (χ2n) is 9.29. The van der Waals surface area contributed by atoms with Crippen LogP contribution in [0.4, 0.5) is 0 Å². The fourth-order valence-corrected chi connectivity index (χ4v) is 4.77. The van der Waals surface area contributed by atoms with E-state index in [9.17, 15) is 4.79 Å². The molecule has 1 aromatic carbocycles. The first-order valence-electron chi connectivity index (χ1n) is 10.8. The van der Waals surface area contributed by atoms with Gasteiger partial charge in [-0.3, -0.25) is 4.79 Å². The molecule has 2 aliphatic carbocycles. The Bertz CT molecular complexity index is 890. The van der Waals surface area contributed by atoms with Gasteiger partial charge in [0.1, 0.15) is 5.82 Å². The molecule has 0 radical (unpaired) electrons. The Morgan fingerprint density at radius 2 is 2.07 bits per heavy atom. The highest BCUT2D eigenvalue weighted by molar-refractivity contribution is 5.80. The number of aromatic amines is 1. The third-order valence-electron chi connectivity index (χ3n) is 6.75. The Hall–Kier alpha value is -2.10. The minimum atomic E-state index is 0.258. The number of rotatable bonds is 6. The second-order valence-corrected chi connectivity index (χ2v) is 9.29. The first-order chi connectivity index (χ1) is 13.4. The van der Waals surface area contributed by atoms with E-state index in [2.05, 4.69) is 62.3 Å². The van der Waals surface area contributed by atoms with Gasteiger partial charge in [0.15, 0.2) is 0 Å². The monoisotopic (exact) mass is 379 g/mol. The highest BCUT2D eigenvalue weighted by Gasteiger charge is 2.34. The van der Waals surface area contributed by atoms with Gasteiger partial charge in [-0.2, -0.15) is 0 Å². The lowest BCUT2D eigenvalue weighted by Crippen LogP contribution is -2.37. The van der Waals surface area contributed by atoms with E-state index >= 15 is 0 Å². The van der Waals surface area contributed by atoms with Gasteiger partial charge < -0.3 is 10.3 Å². The number of fused-ring (bicyclic) bond motifs is 1. The summed E-state index contributed by atoms with van der Waals surface area (Å²) in [6.07, 6.45) is 6.69. The number of carbonyl (C=O) groups excluding carboxylic acids is 1. The van der Waals surface area contributed by atoms with E-state index in [1.54, 1.807) is 0 Å². The fourth-order valence-electron chi connectivity index (χ4n) is 4.77. The Labute approximate surface area is 168 Å². The fraction of sp³-hybridized carbons (Fsp3) is 0.583. The van der Waals surface area contributed by atoms with Gasteiger partial charge in [-0.15, -0.1) is 0 Å². The Kier molecular flexibility index (Phi) is 5.31. The molecule has 0 aliphatic heterocycles. The van der Waals surface area contributed by atoms with Crippen LogP contribution in [0.3, 0.4) is 0 Å². The van der Waals surface area contributed by atoms with Crippen LogP contribution in [0.2, 0.25) is 0 Å². The summed E-state index contributed by atoms with van der Waals surface area (Å²) in [5, 5.41) is 3.21. The van der Waals surface area contributed by atoms with Gasteiger partial charge in [0.05, 0.1) is 11.0 Å². The SMILES string of the molecule is CC1=CC(CNC(=O)C2CC2)C(C(C)C)CC1Cc1nc2c(C)cccc2[nH]1. The largest absolute Gasteiger partial charge is 0.355 e. The number of aryl methyl sites for hydroxylation is 1. The van der Waals surface area contributed by atoms with Gasteiger partial charge in [-0.25, -0.2) is 4.98 Å². The Morgan fingerprint density at radius 3 is 2.75 bits per heavy atom. The number of allylic oxidation sites excluding steroid dienone is 1. The molecule has 28 heavy (non-hydrogen) atoms. The highest BCUT2D eigenvalue weighted by Crippen LogP contribution is 2.39. The molecule has 0 spiro atoms. The summed E-state index contributed by atoms with van der Waals surface area (Å²) >= 11 is 0. The van der Waals surface area contributed by atoms with Crippen LogP contribution in [0.25, 0.3) is 11.0 Å². The minimum Gasteiger partial charge on any atom is -0.355 e. The molecule has 4 heteroatoms. The molecular formula is C24H33N3O. The van der Waals surface area contributed by atoms with Crippen LogP contribution in [-0.4, -0.2) is 22.4 Å². The van der Waals surface area contributed by atoms with Crippen LogP contribution in [0, 0.1) is 36.5 Å². The minimum absolute atomic E-state index is 0.258. The second kappa shape index (κ2) is 7.73. The molecule has 1 saturated carbocycles. The zero-order valence-corrected chi connectivity index (χ0v) is 17.6. The average Bonchev–Trinajstić information content (AvgIpc) is 3.42. The highest BCUT2D eigenvalue weighted by atomic mass is 16.2. The van der Waals surface area contributed by atoms with Crippen molar-refractivity contribution in [2.75, 3.05) is 6.54 Å². The number of nitrogens with zero attached hydrogens (tertiary/aromatic N) is 1. The van der Waals surface area contributed by atoms with E-state index < -0.39 is 0 Å². The number of hydrogen-bond acceptors (Lipinski definition) is 2. The van der Waals surface area contributed by atoms with Crippen LogP contribution in [-0.2, 0) is 11.2 Å². The van der Waals surface area contributed by atoms with E-state index in [-0.39, 0.29) is 11.8 Å². The number of aromatic nitrogens is 2. The van der Waals surface area contributed by atoms with Crippen LogP contribution in [0.1, 0.15) is 51.4 Å². The number of imidazole rings is 1. The smallest absolute Gasteiger partial charge is 0.223 e. The number of para-hydroxylation sites is 1. The van der Waals surface area contributed by atoms with Gasteiger partial charge in [-0.1, -0.05) is 37.6 Å². The zero-order valence-electron chi connectivity index (χ0n) is 17.6. The molecule has 2 N–H and O–H groups in total. The lowest BCUT2D eigenvalue weighted by molar-refractivity contribution is -0.122. The van der Waals surface area contributed by atoms with E-state index in [4.69, 9.17) is 4.98 Å². The third kappa shape index (κ3) is 4.01. The maximum absolute atomic E-state index is 12.1. The summed E-state index contributed by atoms with van der Waals surface area (Å²) in [7, 11) is 0. The molecule has 1 heterocycles. The summed E-state index contributed by atoms with van der Waals surface area (Å²) in [6, 6.07) is 6.31. The lowest BCUT2D eigenvalue weighted by Gasteiger charge is -2.37. The van der Waals surface area contributed by atoms with Crippen molar-refractivity contribution in [3.05, 3.63) is 41.2 Å². The normalized spacial score (nSPS) is 25.2. The molecule has 3 atom stereocenters. The molecule has 1 amide bonds. The molecule has 0 bridgehead atoms. The molecule has 0 saturated heterocycles. The summed E-state index contributed by atoms with van der Waals surface area (Å²) in [5.41, 5.74) is 4.90. The van der Waals surface area contributed by atoms with Gasteiger partial charge >= 0.3 is 0 Å². The topological polar surface area (TPSA) is 57.8 Å². The van der Waals surface area contributed by atoms with E-state index in [1.807, 2.05) is 0 Å². The number of hydrogen-bond donors (Lipinski definition) is 2. The van der Waals surface area contributed by atoms with Gasteiger partial charge in [0, 0.05) is 18.9 Å². The summed E-state index contributed by atoms with van der Waals surface area (Å²) in [4.78, 5) is 20.5. The predicted molar refractivity (Wildman–Crippen MR) is 114 cm³/mol. The standard InChI is InChI=1S/C24H33N3O/c1-14(2)20-11-18(12-22-26-21-7-5-6-15(3)23(21)27-22)16(4)10-19(20)13-25-24(28)17-8-9-17/h5-7,10,14,17-20H,8-9,11-13H2,1-4H3,(H,25,28)(H,26,27). The maximum atomic E-state index is 12.1. The number of H-pyrrole nitrogens is 1. The van der Waals surface area contributed by atoms with Gasteiger partial charge in [-0.05, 0) is 68.4 Å². The first kappa shape index (κ1) is 19.2. The van der Waals surface area contributed by atoms with Crippen molar-refractivity contribution in [2.24, 2.45) is 29.6 Å². The van der Waals surface area contributed by atoms with Crippen molar-refractivity contribution in [2.45, 2.75) is 53.4 Å². The molecule has 2 aliphatic rings. The van der Waals surface area contributed by atoms with Crippen molar-refractivity contribution in [1.29, 1.82) is 0 Å². The molecule has 1 fully saturated rings. The molecule has 150 valence electrons. The Balaban J connectivity index is 1.48. The van der Waals surface area contributed by atoms with Crippen molar-refractivity contribution in [1.82, 2.24) is 15.3 Å². The predicted octanol–water partition coefficient (Wildman–Crippen LogP) is 4.79. The quantitative estimate of drug-likeness (QED) is 0.709. The van der Waals surface area contributed by atoms with Crippen molar-refractivity contribution in [3.8, 4) is 0 Å². The first-order valence-corrected chi connectivity index (χ1v) is 10.8. The van der Waals surface area contributed by atoms with E-state index in [0.29, 0.717) is 23.7 Å². The number of carbonyl (C=O) groups is 1. The van der Waals surface area contributed by atoms with E-state index in [0.717, 1.165) is 42.7 Å². The van der Waals surface area contributed by atoms with Gasteiger partial charge in [0.25, 0.3) is 0 Å². The van der Waals surface area contributed by atoms with Crippen molar-refractivity contribution >= 4 is 16.9 Å². The van der Waals surface area contributed by atoms with Crippen LogP contribution >= 0.6 is 0 Å². The summed E-state index contributed by atoms with van der Waals surface area (Å²) in [6.45, 7) is 9.79. The van der Waals surface area contributed by atoms with E-state index in [1.165, 1.54) is 17.6 Å². The number of amides is 1. The molecule has 1 aromatic heterocycles. The maximum Gasteiger partial charge on any atom is 0.223 e. The third-order valence-corrected chi connectivity index (χ3v) is 6.75. The summed E-state index contributed by atoms with van der Waals surface area (Å²) in [5.74, 6) is 3.79. The molecular weight excluding hydrogens is 346 g/mol. The lowest BCUT2D eigenvalue weighted by atomic mass is 9.69. The zero-order chi connectivity index (χ0) is 19.8. The van der Waals surface area contributed by atoms with Crippen LogP contribution in [0.15, 0.2) is 29.8 Å². The summed E-state index contributed by atoms with van der Waals surface area (Å²) < 4.78 is 0. The van der Waals surface area contributed by atoms with Gasteiger partial charge in [0.2, 0.25) is 5.91 Å². The molecule has 3 unspecified atom stereocenters. The number of nitrogens with one attached hydrogen (secondary N) is 2.